The highest BCUT2D eigenvalue weighted by Gasteiger charge is 2.32. The van der Waals surface area contributed by atoms with Crippen molar-refractivity contribution in [3.8, 4) is 0 Å². The maximum Gasteiger partial charge on any atom is 0.328 e. The third-order valence-electron chi connectivity index (χ3n) is 5.25. The van der Waals surface area contributed by atoms with Crippen molar-refractivity contribution in [1.82, 2.24) is 10.6 Å². The first-order valence-electron chi connectivity index (χ1n) is 10.6. The van der Waals surface area contributed by atoms with Crippen molar-refractivity contribution in [2.24, 2.45) is 0 Å². The van der Waals surface area contributed by atoms with Crippen LogP contribution in [0.25, 0.3) is 0 Å². The minimum absolute atomic E-state index is 0.191. The fourth-order valence-electron chi connectivity index (χ4n) is 3.45. The van der Waals surface area contributed by atoms with Crippen LogP contribution in [-0.4, -0.2) is 42.1 Å². The molecule has 0 fully saturated rings. The molecule has 0 aliphatic rings. The molecule has 3 aromatic carbocycles. The predicted octanol–water partition coefficient (Wildman–Crippen LogP) is 3.02. The Morgan fingerprint density at radius 1 is 0.882 bits per heavy atom. The second-order valence-corrected chi connectivity index (χ2v) is 8.71. The second kappa shape index (κ2) is 12.3. The largest absolute Gasteiger partial charge is 0.467 e. The Balaban J connectivity index is 1.81. The minimum atomic E-state index is -1.66. The van der Waals surface area contributed by atoms with Crippen LogP contribution in [0.15, 0.2) is 84.9 Å². The van der Waals surface area contributed by atoms with E-state index in [0.29, 0.717) is 11.1 Å². The summed E-state index contributed by atoms with van der Waals surface area (Å²) in [5.41, 5.74) is 1.79. The Kier molecular flexibility index (Phi) is 9.17. The maximum atomic E-state index is 13.1. The molecule has 0 spiro atoms. The highest BCUT2D eigenvalue weighted by molar-refractivity contribution is 14.1. The zero-order chi connectivity index (χ0) is 24.5. The number of ether oxygens (including phenoxy) is 1. The van der Waals surface area contributed by atoms with Crippen LogP contribution in [0.3, 0.4) is 0 Å². The van der Waals surface area contributed by atoms with Crippen molar-refractivity contribution in [2.45, 2.75) is 24.6 Å². The first-order valence-corrected chi connectivity index (χ1v) is 11.7. The number of carbonyl (C=O) groups is 3. The van der Waals surface area contributed by atoms with Crippen molar-refractivity contribution in [3.05, 3.63) is 105 Å². The summed E-state index contributed by atoms with van der Waals surface area (Å²) in [6, 6.07) is 22.6. The Morgan fingerprint density at radius 3 is 2.09 bits per heavy atom. The first-order chi connectivity index (χ1) is 16.4. The molecule has 7 nitrogen and oxygen atoms in total. The van der Waals surface area contributed by atoms with Crippen molar-refractivity contribution < 1.29 is 24.2 Å². The van der Waals surface area contributed by atoms with E-state index in [-0.39, 0.29) is 6.42 Å². The Hall–Kier alpha value is -3.24. The maximum absolute atomic E-state index is 13.1. The van der Waals surface area contributed by atoms with E-state index in [4.69, 9.17) is 4.74 Å². The summed E-state index contributed by atoms with van der Waals surface area (Å²) in [6.07, 6.45) is -1.46. The number of nitrogens with one attached hydrogen (secondary N) is 2. The lowest BCUT2D eigenvalue weighted by Gasteiger charge is -2.26. The van der Waals surface area contributed by atoms with E-state index < -0.39 is 36.0 Å². The van der Waals surface area contributed by atoms with Crippen molar-refractivity contribution in [3.63, 3.8) is 0 Å². The number of benzene rings is 3. The Labute approximate surface area is 211 Å². The van der Waals surface area contributed by atoms with Gasteiger partial charge in [0.05, 0.1) is 13.2 Å². The van der Waals surface area contributed by atoms with Gasteiger partial charge in [-0.3, -0.25) is 9.59 Å². The van der Waals surface area contributed by atoms with Gasteiger partial charge in [-0.1, -0.05) is 66.7 Å². The number of aliphatic hydroxyl groups is 1. The average Bonchev–Trinajstić information content (AvgIpc) is 2.88. The molecule has 3 rings (SSSR count). The molecule has 8 heteroatoms. The van der Waals surface area contributed by atoms with Crippen molar-refractivity contribution >= 4 is 40.4 Å². The minimum Gasteiger partial charge on any atom is -0.467 e. The molecule has 0 radical (unpaired) electrons. The first kappa shape index (κ1) is 25.4. The Morgan fingerprint density at radius 2 is 1.47 bits per heavy atom. The van der Waals surface area contributed by atoms with E-state index >= 15 is 0 Å². The van der Waals surface area contributed by atoms with E-state index in [1.807, 2.05) is 24.3 Å². The second-order valence-electron chi connectivity index (χ2n) is 7.55. The molecule has 3 atom stereocenters. The quantitative estimate of drug-likeness (QED) is 0.270. The van der Waals surface area contributed by atoms with Gasteiger partial charge in [-0.25, -0.2) is 4.79 Å². The number of esters is 1. The molecule has 2 amide bonds. The van der Waals surface area contributed by atoms with Crippen molar-refractivity contribution in [1.29, 1.82) is 0 Å². The van der Waals surface area contributed by atoms with Gasteiger partial charge in [-0.05, 0) is 51.9 Å². The van der Waals surface area contributed by atoms with Crippen LogP contribution in [0.2, 0.25) is 0 Å². The van der Waals surface area contributed by atoms with Crippen LogP contribution >= 0.6 is 22.6 Å². The number of rotatable bonds is 9. The van der Waals surface area contributed by atoms with E-state index in [9.17, 15) is 19.5 Å². The molecule has 3 aromatic rings. The smallest absolute Gasteiger partial charge is 0.328 e. The summed E-state index contributed by atoms with van der Waals surface area (Å²) >= 11 is 2.15. The van der Waals surface area contributed by atoms with Crippen LogP contribution in [0, 0.1) is 3.57 Å². The number of hydrogen-bond acceptors (Lipinski definition) is 5. The monoisotopic (exact) mass is 572 g/mol. The molecule has 0 saturated carbocycles. The molecular formula is C26H25IN2O5. The topological polar surface area (TPSA) is 105 Å². The summed E-state index contributed by atoms with van der Waals surface area (Å²) in [7, 11) is 1.24. The van der Waals surface area contributed by atoms with Gasteiger partial charge in [0.1, 0.15) is 6.04 Å². The number of halogens is 1. The SMILES string of the molecule is COC(=O)[C@@H](Cc1ccccc1I)NC(=O)[C@H](O)[C@@H](NC(=O)c1ccccc1)c1ccccc1. The van der Waals surface area contributed by atoms with E-state index in [1.54, 1.807) is 60.7 Å². The molecule has 0 aliphatic carbocycles. The third-order valence-corrected chi connectivity index (χ3v) is 6.30. The lowest BCUT2D eigenvalue weighted by atomic mass is 9.99. The number of amides is 2. The summed E-state index contributed by atoms with van der Waals surface area (Å²) < 4.78 is 5.80. The average molecular weight is 572 g/mol. The van der Waals surface area contributed by atoms with Crippen molar-refractivity contribution in [2.75, 3.05) is 7.11 Å². The summed E-state index contributed by atoms with van der Waals surface area (Å²) in [5, 5.41) is 16.3. The fourth-order valence-corrected chi connectivity index (χ4v) is 4.05. The standard InChI is InChI=1S/C26H25IN2O5/c1-34-26(33)21(16-19-14-8-9-15-20(19)27)28-25(32)23(30)22(17-10-4-2-5-11-17)29-24(31)18-12-6-3-7-13-18/h2-15,21-23,30H,16H2,1H3,(H,28,32)(H,29,31)/t21-,22+,23-/m1/s1. The molecule has 34 heavy (non-hydrogen) atoms. The summed E-state index contributed by atoms with van der Waals surface area (Å²) in [4.78, 5) is 38.2. The number of methoxy groups -OCH3 is 1. The number of aliphatic hydroxyl groups excluding tert-OH is 1. The normalized spacial score (nSPS) is 13.3. The van der Waals surface area contributed by atoms with E-state index in [0.717, 1.165) is 9.13 Å². The zero-order valence-electron chi connectivity index (χ0n) is 18.5. The lowest BCUT2D eigenvalue weighted by molar-refractivity contribution is -0.146. The fraction of sp³-hybridized carbons (Fsp3) is 0.192. The molecule has 176 valence electrons. The highest BCUT2D eigenvalue weighted by Crippen LogP contribution is 2.19. The van der Waals surface area contributed by atoms with Gasteiger partial charge < -0.3 is 20.5 Å². The van der Waals surface area contributed by atoms with Gasteiger partial charge in [0.25, 0.3) is 11.8 Å². The van der Waals surface area contributed by atoms with Gasteiger partial charge in [0, 0.05) is 15.6 Å². The van der Waals surface area contributed by atoms with Crippen LogP contribution in [-0.2, 0) is 20.7 Å². The van der Waals surface area contributed by atoms with Gasteiger partial charge in [-0.15, -0.1) is 0 Å². The van der Waals surface area contributed by atoms with Crippen LogP contribution in [0.1, 0.15) is 27.5 Å². The molecule has 0 aliphatic heterocycles. The third kappa shape index (κ3) is 6.64. The van der Waals surface area contributed by atoms with E-state index in [2.05, 4.69) is 33.2 Å². The van der Waals surface area contributed by atoms with Gasteiger partial charge in [-0.2, -0.15) is 0 Å². The lowest BCUT2D eigenvalue weighted by Crippen LogP contribution is -2.51. The summed E-state index contributed by atoms with van der Waals surface area (Å²) in [5.74, 6) is -1.88. The molecule has 3 N–H and O–H groups in total. The molecule has 0 aromatic heterocycles. The predicted molar refractivity (Wildman–Crippen MR) is 136 cm³/mol. The molecule has 0 unspecified atom stereocenters. The van der Waals surface area contributed by atoms with Crippen LogP contribution in [0.5, 0.6) is 0 Å². The van der Waals surface area contributed by atoms with Crippen LogP contribution in [0.4, 0.5) is 0 Å². The van der Waals surface area contributed by atoms with Gasteiger partial charge >= 0.3 is 5.97 Å². The van der Waals surface area contributed by atoms with Gasteiger partial charge in [0.15, 0.2) is 6.10 Å². The highest BCUT2D eigenvalue weighted by atomic mass is 127. The zero-order valence-corrected chi connectivity index (χ0v) is 20.6. The number of carbonyl (C=O) groups excluding carboxylic acids is 3. The van der Waals surface area contributed by atoms with Crippen LogP contribution < -0.4 is 10.6 Å². The molecule has 0 bridgehead atoms. The molecular weight excluding hydrogens is 547 g/mol. The number of hydrogen-bond donors (Lipinski definition) is 3. The van der Waals surface area contributed by atoms with Gasteiger partial charge in [0.2, 0.25) is 0 Å². The van der Waals surface area contributed by atoms with E-state index in [1.165, 1.54) is 7.11 Å². The molecule has 0 heterocycles. The molecule has 0 saturated heterocycles. The Bertz CT molecular complexity index is 1120. The summed E-state index contributed by atoms with van der Waals surface area (Å²) in [6.45, 7) is 0.